The summed E-state index contributed by atoms with van der Waals surface area (Å²) in [6, 6.07) is 0. The minimum atomic E-state index is 0.492. The molecule has 0 amide bonds. The van der Waals surface area contributed by atoms with Gasteiger partial charge in [-0.2, -0.15) is 11.8 Å². The number of hydrazine groups is 1. The molecule has 0 spiro atoms. The lowest BCUT2D eigenvalue weighted by Crippen LogP contribution is -2.21. The maximum atomic E-state index is 5.38. The molecular formula is C11H19N5OS. The highest BCUT2D eigenvalue weighted by Crippen LogP contribution is 2.30. The molecule has 6 nitrogen and oxygen atoms in total. The summed E-state index contributed by atoms with van der Waals surface area (Å²) in [6.45, 7) is 0.891. The van der Waals surface area contributed by atoms with Gasteiger partial charge in [0.25, 0.3) is 0 Å². The number of ether oxygens (including phenoxy) is 1. The Labute approximate surface area is 111 Å². The second-order valence-corrected chi connectivity index (χ2v) is 5.53. The van der Waals surface area contributed by atoms with Gasteiger partial charge in [0.15, 0.2) is 11.6 Å². The first-order chi connectivity index (χ1) is 8.85. The molecule has 100 valence electrons. The van der Waals surface area contributed by atoms with E-state index in [-0.39, 0.29) is 0 Å². The summed E-state index contributed by atoms with van der Waals surface area (Å²) in [7, 11) is 1.58. The molecule has 0 radical (unpaired) electrons. The topological polar surface area (TPSA) is 85.1 Å². The third-order valence-electron chi connectivity index (χ3n) is 2.92. The summed E-state index contributed by atoms with van der Waals surface area (Å²) in [5, 5.41) is 3.96. The van der Waals surface area contributed by atoms with Crippen molar-refractivity contribution in [3.63, 3.8) is 0 Å². The number of nitrogens with one attached hydrogen (secondary N) is 2. The van der Waals surface area contributed by atoms with Crippen LogP contribution in [0.1, 0.15) is 19.3 Å². The van der Waals surface area contributed by atoms with Crippen LogP contribution in [0.15, 0.2) is 6.33 Å². The van der Waals surface area contributed by atoms with Crippen LogP contribution in [-0.2, 0) is 0 Å². The third-order valence-corrected chi connectivity index (χ3v) is 4.31. The third kappa shape index (κ3) is 3.17. The molecule has 0 bridgehead atoms. The van der Waals surface area contributed by atoms with Crippen LogP contribution in [-0.4, -0.2) is 34.6 Å². The Kier molecular flexibility index (Phi) is 4.89. The lowest BCUT2D eigenvalue weighted by molar-refractivity contribution is 0.414. The first-order valence-corrected chi connectivity index (χ1v) is 7.11. The van der Waals surface area contributed by atoms with E-state index in [1.54, 1.807) is 7.11 Å². The summed E-state index contributed by atoms with van der Waals surface area (Å²) >= 11 is 2.02. The normalized spacial score (nSPS) is 19.3. The van der Waals surface area contributed by atoms with Crippen LogP contribution < -0.4 is 21.3 Å². The molecule has 1 fully saturated rings. The van der Waals surface area contributed by atoms with Gasteiger partial charge in [-0.25, -0.2) is 15.8 Å². The van der Waals surface area contributed by atoms with Crippen molar-refractivity contribution in [2.45, 2.75) is 24.5 Å². The molecule has 0 aromatic carbocycles. The monoisotopic (exact) mass is 269 g/mol. The summed E-state index contributed by atoms with van der Waals surface area (Å²) < 4.78 is 5.27. The number of hydrogen-bond acceptors (Lipinski definition) is 7. The average molecular weight is 269 g/mol. The van der Waals surface area contributed by atoms with E-state index < -0.39 is 0 Å². The van der Waals surface area contributed by atoms with E-state index in [0.29, 0.717) is 22.6 Å². The summed E-state index contributed by atoms with van der Waals surface area (Å²) in [5.41, 5.74) is 2.50. The summed E-state index contributed by atoms with van der Waals surface area (Å²) in [5.74, 6) is 8.37. The number of thioether (sulfide) groups is 1. The van der Waals surface area contributed by atoms with Crippen molar-refractivity contribution in [2.75, 3.05) is 30.1 Å². The molecule has 4 N–H and O–H groups in total. The van der Waals surface area contributed by atoms with Crippen molar-refractivity contribution in [1.29, 1.82) is 0 Å². The minimum Gasteiger partial charge on any atom is -0.490 e. The van der Waals surface area contributed by atoms with E-state index >= 15 is 0 Å². The second-order valence-electron chi connectivity index (χ2n) is 4.12. The molecule has 0 aliphatic carbocycles. The van der Waals surface area contributed by atoms with Crippen LogP contribution in [0, 0.1) is 0 Å². The fraction of sp³-hybridized carbons (Fsp3) is 0.636. The second kappa shape index (κ2) is 6.65. The molecule has 1 aromatic rings. The highest BCUT2D eigenvalue weighted by molar-refractivity contribution is 7.99. The van der Waals surface area contributed by atoms with Crippen LogP contribution >= 0.6 is 11.8 Å². The van der Waals surface area contributed by atoms with E-state index in [2.05, 4.69) is 20.7 Å². The highest BCUT2D eigenvalue weighted by atomic mass is 32.2. The predicted molar refractivity (Wildman–Crippen MR) is 75.0 cm³/mol. The number of nitrogens with two attached hydrogens (primary N) is 1. The Morgan fingerprint density at radius 2 is 2.28 bits per heavy atom. The molecule has 7 heteroatoms. The number of anilines is 2. The molecule has 1 saturated heterocycles. The Morgan fingerprint density at radius 1 is 1.44 bits per heavy atom. The van der Waals surface area contributed by atoms with Gasteiger partial charge in [-0.05, 0) is 18.6 Å². The van der Waals surface area contributed by atoms with Gasteiger partial charge in [0.1, 0.15) is 6.33 Å². The number of rotatable bonds is 5. The van der Waals surface area contributed by atoms with E-state index in [9.17, 15) is 0 Å². The van der Waals surface area contributed by atoms with Crippen molar-refractivity contribution in [1.82, 2.24) is 9.97 Å². The maximum absolute atomic E-state index is 5.38. The zero-order chi connectivity index (χ0) is 12.8. The number of nitrogens with zero attached hydrogens (tertiary/aromatic N) is 2. The van der Waals surface area contributed by atoms with Crippen molar-refractivity contribution >= 4 is 23.4 Å². The molecular weight excluding hydrogens is 250 g/mol. The summed E-state index contributed by atoms with van der Waals surface area (Å²) in [4.78, 5) is 8.20. The number of methoxy groups -OCH3 is 1. The molecule has 1 unspecified atom stereocenters. The molecule has 1 aromatic heterocycles. The SMILES string of the molecule is COc1c(NN)ncnc1NCC1CCCCS1. The number of nitrogen functional groups attached to an aromatic ring is 1. The lowest BCUT2D eigenvalue weighted by atomic mass is 10.2. The van der Waals surface area contributed by atoms with Gasteiger partial charge in [-0.3, -0.25) is 0 Å². The van der Waals surface area contributed by atoms with Crippen LogP contribution in [0.25, 0.3) is 0 Å². The van der Waals surface area contributed by atoms with Crippen LogP contribution in [0.2, 0.25) is 0 Å². The van der Waals surface area contributed by atoms with Crippen LogP contribution in [0.5, 0.6) is 5.75 Å². The number of hydrogen-bond donors (Lipinski definition) is 3. The molecule has 0 saturated carbocycles. The Morgan fingerprint density at radius 3 is 2.94 bits per heavy atom. The molecule has 1 aliphatic heterocycles. The smallest absolute Gasteiger partial charge is 0.205 e. The molecule has 2 heterocycles. The van der Waals surface area contributed by atoms with Crippen molar-refractivity contribution in [2.24, 2.45) is 5.84 Å². The standard InChI is InChI=1S/C11H19N5OS/c1-17-9-10(14-7-15-11(9)16-12)13-6-8-4-2-3-5-18-8/h7-8H,2-6,12H2,1H3,(H2,13,14,15,16). The van der Waals surface area contributed by atoms with Crippen molar-refractivity contribution in [3.05, 3.63) is 6.33 Å². The van der Waals surface area contributed by atoms with Gasteiger partial charge < -0.3 is 15.5 Å². The van der Waals surface area contributed by atoms with Gasteiger partial charge in [0.2, 0.25) is 5.75 Å². The fourth-order valence-electron chi connectivity index (χ4n) is 1.97. The van der Waals surface area contributed by atoms with Gasteiger partial charge >= 0.3 is 0 Å². The molecule has 1 aliphatic rings. The lowest BCUT2D eigenvalue weighted by Gasteiger charge is -2.22. The molecule has 1 atom stereocenters. The zero-order valence-corrected chi connectivity index (χ0v) is 11.3. The zero-order valence-electron chi connectivity index (χ0n) is 10.5. The van der Waals surface area contributed by atoms with E-state index in [4.69, 9.17) is 10.6 Å². The molecule has 18 heavy (non-hydrogen) atoms. The Balaban J connectivity index is 1.99. The highest BCUT2D eigenvalue weighted by Gasteiger charge is 2.16. The van der Waals surface area contributed by atoms with Gasteiger partial charge in [0, 0.05) is 11.8 Å². The van der Waals surface area contributed by atoms with Gasteiger partial charge in [-0.1, -0.05) is 6.42 Å². The van der Waals surface area contributed by atoms with Crippen LogP contribution in [0.3, 0.4) is 0 Å². The van der Waals surface area contributed by atoms with Gasteiger partial charge in [0.05, 0.1) is 7.11 Å². The quantitative estimate of drug-likeness (QED) is 0.551. The first-order valence-electron chi connectivity index (χ1n) is 6.06. The minimum absolute atomic E-state index is 0.492. The van der Waals surface area contributed by atoms with Gasteiger partial charge in [-0.15, -0.1) is 0 Å². The maximum Gasteiger partial charge on any atom is 0.205 e. The number of aromatic nitrogens is 2. The molecule has 2 rings (SSSR count). The van der Waals surface area contributed by atoms with Crippen LogP contribution in [0.4, 0.5) is 11.6 Å². The average Bonchev–Trinajstić information content (AvgIpc) is 2.45. The van der Waals surface area contributed by atoms with E-state index in [1.165, 1.54) is 31.3 Å². The fourth-order valence-corrected chi connectivity index (χ4v) is 3.21. The van der Waals surface area contributed by atoms with E-state index in [0.717, 1.165) is 6.54 Å². The Bertz CT molecular complexity index is 384. The summed E-state index contributed by atoms with van der Waals surface area (Å²) in [6.07, 6.45) is 5.37. The predicted octanol–water partition coefficient (Wildman–Crippen LogP) is 1.47. The van der Waals surface area contributed by atoms with E-state index in [1.807, 2.05) is 11.8 Å². The van der Waals surface area contributed by atoms with Crippen molar-refractivity contribution < 1.29 is 4.74 Å². The Hall–Kier alpha value is -1.21. The largest absolute Gasteiger partial charge is 0.490 e. The first kappa shape index (κ1) is 13.2. The van der Waals surface area contributed by atoms with Crippen molar-refractivity contribution in [3.8, 4) is 5.75 Å².